The first kappa shape index (κ1) is 10.6. The first-order valence-corrected chi connectivity index (χ1v) is 5.37. The number of carboxylic acid groups (broad SMARTS) is 2. The second kappa shape index (κ2) is 3.46. The maximum absolute atomic E-state index is 11.1. The van der Waals surface area contributed by atoms with Crippen molar-refractivity contribution in [2.45, 2.75) is 6.04 Å². The zero-order valence-corrected chi connectivity index (χ0v) is 9.20. The maximum Gasteiger partial charge on any atom is 0.336 e. The Hall–Kier alpha value is -2.56. The van der Waals surface area contributed by atoms with Gasteiger partial charge in [0.25, 0.3) is 0 Å². The molecule has 0 bridgehead atoms. The fourth-order valence-electron chi connectivity index (χ4n) is 2.35. The lowest BCUT2D eigenvalue weighted by atomic mass is 10.00. The molecule has 1 aliphatic heterocycles. The first-order chi connectivity index (χ1) is 8.59. The molecule has 0 saturated carbocycles. The summed E-state index contributed by atoms with van der Waals surface area (Å²) in [4.78, 5) is 22.3. The Labute approximate surface area is 102 Å². The van der Waals surface area contributed by atoms with Crippen molar-refractivity contribution in [1.29, 1.82) is 0 Å². The van der Waals surface area contributed by atoms with Crippen molar-refractivity contribution in [3.05, 3.63) is 41.6 Å². The Morgan fingerprint density at radius 1 is 1.17 bits per heavy atom. The highest BCUT2D eigenvalue weighted by Gasteiger charge is 2.24. The van der Waals surface area contributed by atoms with Crippen LogP contribution in [-0.4, -0.2) is 26.7 Å². The van der Waals surface area contributed by atoms with Gasteiger partial charge in [0.2, 0.25) is 0 Å². The van der Waals surface area contributed by atoms with E-state index in [0.717, 1.165) is 5.39 Å². The van der Waals surface area contributed by atoms with Gasteiger partial charge in [-0.05, 0) is 18.2 Å². The van der Waals surface area contributed by atoms with Gasteiger partial charge in [0.1, 0.15) is 6.04 Å². The Bertz CT molecular complexity index is 711. The van der Waals surface area contributed by atoms with Gasteiger partial charge in [-0.25, -0.2) is 9.59 Å². The third-order valence-corrected chi connectivity index (χ3v) is 3.15. The zero-order valence-electron chi connectivity index (χ0n) is 9.20. The number of aliphatic carboxylic acids is 1. The minimum Gasteiger partial charge on any atom is -0.479 e. The number of hydrogen-bond donors (Lipinski definition) is 2. The van der Waals surface area contributed by atoms with Crippen LogP contribution in [0.3, 0.4) is 0 Å². The van der Waals surface area contributed by atoms with Crippen LogP contribution >= 0.6 is 0 Å². The van der Waals surface area contributed by atoms with Gasteiger partial charge in [-0.1, -0.05) is 12.1 Å². The van der Waals surface area contributed by atoms with Gasteiger partial charge in [-0.2, -0.15) is 0 Å². The Balaban J connectivity index is 2.37. The molecule has 18 heavy (non-hydrogen) atoms. The van der Waals surface area contributed by atoms with Gasteiger partial charge in [0, 0.05) is 17.1 Å². The molecule has 1 atom stereocenters. The van der Waals surface area contributed by atoms with Crippen LogP contribution in [0.25, 0.3) is 17.0 Å². The van der Waals surface area contributed by atoms with Crippen LogP contribution in [0.15, 0.2) is 30.5 Å². The summed E-state index contributed by atoms with van der Waals surface area (Å²) in [7, 11) is 0. The van der Waals surface area contributed by atoms with E-state index in [0.29, 0.717) is 11.1 Å². The predicted octanol–water partition coefficient (Wildman–Crippen LogP) is 1.99. The summed E-state index contributed by atoms with van der Waals surface area (Å²) >= 11 is 0. The number of carbonyl (C=O) groups is 2. The first-order valence-electron chi connectivity index (χ1n) is 5.37. The number of nitrogens with zero attached hydrogens (tertiary/aromatic N) is 1. The second-order valence-electron chi connectivity index (χ2n) is 4.13. The summed E-state index contributed by atoms with van der Waals surface area (Å²) in [6.45, 7) is 0. The highest BCUT2D eigenvalue weighted by atomic mass is 16.4. The topological polar surface area (TPSA) is 79.5 Å². The second-order valence-corrected chi connectivity index (χ2v) is 4.13. The molecule has 2 N–H and O–H groups in total. The summed E-state index contributed by atoms with van der Waals surface area (Å²) in [6, 6.07) is 4.24. The SMILES string of the molecule is O=C(O)c1ccc2ccn3c2c1C=CC3C(=O)O. The lowest BCUT2D eigenvalue weighted by molar-refractivity contribution is -0.139. The van der Waals surface area contributed by atoms with Crippen LogP contribution in [-0.2, 0) is 4.79 Å². The minimum absolute atomic E-state index is 0.183. The summed E-state index contributed by atoms with van der Waals surface area (Å²) < 4.78 is 1.58. The molecule has 0 amide bonds. The zero-order chi connectivity index (χ0) is 12.9. The number of rotatable bonds is 2. The lowest BCUT2D eigenvalue weighted by Crippen LogP contribution is -2.19. The van der Waals surface area contributed by atoms with Crippen molar-refractivity contribution < 1.29 is 19.8 Å². The highest BCUT2D eigenvalue weighted by molar-refractivity contribution is 6.02. The molecule has 2 heterocycles. The Kier molecular flexibility index (Phi) is 2.04. The molecule has 0 spiro atoms. The fraction of sp³-hybridized carbons (Fsp3) is 0.0769. The molecule has 1 aromatic heterocycles. The quantitative estimate of drug-likeness (QED) is 0.845. The van der Waals surface area contributed by atoms with Crippen LogP contribution in [0.4, 0.5) is 0 Å². The predicted molar refractivity (Wildman–Crippen MR) is 64.6 cm³/mol. The molecular weight excluding hydrogens is 234 g/mol. The van der Waals surface area contributed by atoms with Crippen molar-refractivity contribution in [2.24, 2.45) is 0 Å². The van der Waals surface area contributed by atoms with Gasteiger partial charge in [-0.3, -0.25) is 0 Å². The molecule has 5 heteroatoms. The molecule has 2 aromatic rings. The van der Waals surface area contributed by atoms with Crippen molar-refractivity contribution in [3.63, 3.8) is 0 Å². The van der Waals surface area contributed by atoms with Crippen molar-refractivity contribution in [3.8, 4) is 0 Å². The molecular formula is C13H9NO4. The van der Waals surface area contributed by atoms with E-state index in [9.17, 15) is 9.59 Å². The third kappa shape index (κ3) is 1.27. The third-order valence-electron chi connectivity index (χ3n) is 3.15. The van der Waals surface area contributed by atoms with Crippen molar-refractivity contribution >= 4 is 28.9 Å². The Morgan fingerprint density at radius 2 is 1.94 bits per heavy atom. The van der Waals surface area contributed by atoms with E-state index in [-0.39, 0.29) is 5.56 Å². The summed E-state index contributed by atoms with van der Waals surface area (Å²) in [6.07, 6.45) is 4.74. The number of hydrogen-bond acceptors (Lipinski definition) is 2. The summed E-state index contributed by atoms with van der Waals surface area (Å²) in [5.41, 5.74) is 1.40. The van der Waals surface area contributed by atoms with Gasteiger partial charge < -0.3 is 14.8 Å². The molecule has 0 radical (unpaired) electrons. The van der Waals surface area contributed by atoms with E-state index in [2.05, 4.69) is 0 Å². The summed E-state index contributed by atoms with van der Waals surface area (Å²) in [5, 5.41) is 19.1. The van der Waals surface area contributed by atoms with E-state index < -0.39 is 18.0 Å². The van der Waals surface area contributed by atoms with Crippen molar-refractivity contribution in [1.82, 2.24) is 4.57 Å². The largest absolute Gasteiger partial charge is 0.479 e. The molecule has 0 aliphatic carbocycles. The van der Waals surface area contributed by atoms with Gasteiger partial charge in [0.05, 0.1) is 11.1 Å². The maximum atomic E-state index is 11.1. The lowest BCUT2D eigenvalue weighted by Gasteiger charge is -2.18. The smallest absolute Gasteiger partial charge is 0.336 e. The molecule has 1 unspecified atom stereocenters. The number of carboxylic acids is 2. The molecule has 5 nitrogen and oxygen atoms in total. The molecule has 0 fully saturated rings. The van der Waals surface area contributed by atoms with E-state index in [1.165, 1.54) is 12.1 Å². The minimum atomic E-state index is -1.02. The fourth-order valence-corrected chi connectivity index (χ4v) is 2.35. The van der Waals surface area contributed by atoms with E-state index >= 15 is 0 Å². The normalized spacial score (nSPS) is 17.0. The van der Waals surface area contributed by atoms with Crippen LogP contribution < -0.4 is 0 Å². The standard InChI is InChI=1S/C13H9NO4/c15-12(16)9-2-1-7-5-6-14-10(13(17)18)4-3-8(9)11(7)14/h1-6,10H,(H,15,16)(H,17,18). The van der Waals surface area contributed by atoms with Crippen LogP contribution in [0, 0.1) is 0 Å². The molecule has 1 aliphatic rings. The van der Waals surface area contributed by atoms with Crippen molar-refractivity contribution in [2.75, 3.05) is 0 Å². The van der Waals surface area contributed by atoms with Gasteiger partial charge in [-0.15, -0.1) is 0 Å². The highest BCUT2D eigenvalue weighted by Crippen LogP contribution is 2.32. The molecule has 1 aromatic carbocycles. The average molecular weight is 243 g/mol. The number of aromatic nitrogens is 1. The van der Waals surface area contributed by atoms with Gasteiger partial charge in [0.15, 0.2) is 0 Å². The number of aromatic carboxylic acids is 1. The summed E-state index contributed by atoms with van der Waals surface area (Å²) in [5.74, 6) is -1.98. The van der Waals surface area contributed by atoms with Crippen LogP contribution in [0.1, 0.15) is 22.0 Å². The van der Waals surface area contributed by atoms with Gasteiger partial charge >= 0.3 is 11.9 Å². The molecule has 0 saturated heterocycles. The van der Waals surface area contributed by atoms with E-state index in [4.69, 9.17) is 10.2 Å². The molecule has 90 valence electrons. The van der Waals surface area contributed by atoms with E-state index in [1.54, 1.807) is 29.0 Å². The molecule has 3 rings (SSSR count). The number of benzene rings is 1. The van der Waals surface area contributed by atoms with Crippen LogP contribution in [0.5, 0.6) is 0 Å². The average Bonchev–Trinajstić information content (AvgIpc) is 2.75. The monoisotopic (exact) mass is 243 g/mol. The Morgan fingerprint density at radius 3 is 2.61 bits per heavy atom. The van der Waals surface area contributed by atoms with Crippen LogP contribution in [0.2, 0.25) is 0 Å². The van der Waals surface area contributed by atoms with E-state index in [1.807, 2.05) is 0 Å².